The van der Waals surface area contributed by atoms with Crippen molar-refractivity contribution >= 4 is 22.5 Å². The van der Waals surface area contributed by atoms with E-state index in [1.165, 1.54) is 10.7 Å². The topological polar surface area (TPSA) is 90.2 Å². The molecule has 2 N–H and O–H groups in total. The fraction of sp³-hybridized carbons (Fsp3) is 0.364. The molecule has 0 saturated carbocycles. The zero-order valence-electron chi connectivity index (χ0n) is 19.0. The summed E-state index contributed by atoms with van der Waals surface area (Å²) in [4.78, 5) is 5.67. The molecular weight excluding hydrogens is 471 g/mol. The molecule has 1 aromatic carbocycles. The van der Waals surface area contributed by atoms with E-state index in [1.54, 1.807) is 36.9 Å². The molecule has 35 heavy (non-hydrogen) atoms. The van der Waals surface area contributed by atoms with Gasteiger partial charge in [-0.25, -0.2) is 36.1 Å². The van der Waals surface area contributed by atoms with Crippen molar-refractivity contribution in [2.45, 2.75) is 39.2 Å². The lowest BCUT2D eigenvalue weighted by Gasteiger charge is -2.16. The molecule has 13 heteroatoms. The van der Waals surface area contributed by atoms with Gasteiger partial charge >= 0.3 is 0 Å². The Hall–Kier alpha value is -3.77. The number of alkyl halides is 4. The summed E-state index contributed by atoms with van der Waals surface area (Å²) in [5, 5.41) is 11.5. The van der Waals surface area contributed by atoms with Crippen LogP contribution >= 0.6 is 0 Å². The van der Waals surface area contributed by atoms with E-state index >= 15 is 0 Å². The molecule has 1 fully saturated rings. The highest BCUT2D eigenvalue weighted by molar-refractivity contribution is 5.88. The van der Waals surface area contributed by atoms with Crippen molar-refractivity contribution in [1.29, 1.82) is 0 Å². The van der Waals surface area contributed by atoms with Crippen molar-refractivity contribution in [2.75, 3.05) is 18.8 Å². The second-order valence-corrected chi connectivity index (χ2v) is 8.33. The van der Waals surface area contributed by atoms with Gasteiger partial charge in [0.25, 0.3) is 12.3 Å². The fourth-order valence-corrected chi connectivity index (χ4v) is 3.97. The number of aromatic nitrogens is 6. The van der Waals surface area contributed by atoms with Crippen molar-refractivity contribution in [1.82, 2.24) is 34.5 Å². The molecule has 1 aliphatic rings. The number of allylic oxidation sites excluding steroid dienone is 1. The highest BCUT2D eigenvalue weighted by atomic mass is 19.3. The normalized spacial score (nSPS) is 15.1. The SMILES string of the molecule is C=C(C)N1CCC(F)(F)C1.Cc1nc(N)nn2cc(F)c(-c3ccc4nnn(CC(F)F)c4c3)c12. The molecule has 0 unspecified atom stereocenters. The Kier molecular flexibility index (Phi) is 6.34. The molecule has 0 bridgehead atoms. The number of nitrogen functional groups attached to an aromatic ring is 1. The van der Waals surface area contributed by atoms with E-state index in [-0.39, 0.29) is 24.5 Å². The average molecular weight is 494 g/mol. The summed E-state index contributed by atoms with van der Waals surface area (Å²) < 4.78 is 67.3. The minimum atomic E-state index is -2.57. The first-order valence-electron chi connectivity index (χ1n) is 10.7. The number of nitrogens with two attached hydrogens (primary N) is 1. The second-order valence-electron chi connectivity index (χ2n) is 8.33. The van der Waals surface area contributed by atoms with Gasteiger partial charge in [0.15, 0.2) is 5.82 Å². The standard InChI is InChI=1S/C15H12F3N7.C7H11F2N/c1-7-14-13(9(16)5-25(14)22-15(19)20-7)8-2-3-10-11(4-8)24(23-21-10)6-12(17)18;1-6(2)10-4-3-7(8,9)5-10/h2-5,12H,6H2,1H3,(H2,19,22);1,3-5H2,2H3. The first-order valence-corrected chi connectivity index (χ1v) is 10.7. The Morgan fingerprint density at radius 3 is 2.63 bits per heavy atom. The Morgan fingerprint density at radius 1 is 1.29 bits per heavy atom. The van der Waals surface area contributed by atoms with Crippen molar-refractivity contribution in [3.8, 4) is 11.1 Å². The van der Waals surface area contributed by atoms with Gasteiger partial charge in [-0.3, -0.25) is 0 Å². The van der Waals surface area contributed by atoms with Crippen LogP contribution in [0.5, 0.6) is 0 Å². The lowest BCUT2D eigenvalue weighted by atomic mass is 10.1. The molecule has 0 radical (unpaired) electrons. The average Bonchev–Trinajstić information content (AvgIpc) is 3.42. The van der Waals surface area contributed by atoms with Crippen LogP contribution in [0.3, 0.4) is 0 Å². The Morgan fingerprint density at radius 2 is 2.03 bits per heavy atom. The Balaban J connectivity index is 0.000000243. The molecule has 1 aliphatic heterocycles. The Bertz CT molecular complexity index is 1390. The van der Waals surface area contributed by atoms with Crippen LogP contribution < -0.4 is 5.73 Å². The lowest BCUT2D eigenvalue weighted by Crippen LogP contribution is -2.23. The van der Waals surface area contributed by atoms with Crippen LogP contribution in [-0.4, -0.2) is 59.9 Å². The molecule has 4 heterocycles. The largest absolute Gasteiger partial charge is 0.369 e. The van der Waals surface area contributed by atoms with Crippen molar-refractivity contribution in [3.63, 3.8) is 0 Å². The molecule has 5 rings (SSSR count). The van der Waals surface area contributed by atoms with Crippen molar-refractivity contribution < 1.29 is 22.0 Å². The Labute approximate surface area is 196 Å². The van der Waals surface area contributed by atoms with Gasteiger partial charge in [0.2, 0.25) is 5.95 Å². The monoisotopic (exact) mass is 494 g/mol. The fourth-order valence-electron chi connectivity index (χ4n) is 3.97. The van der Waals surface area contributed by atoms with E-state index in [0.717, 1.165) is 10.4 Å². The lowest BCUT2D eigenvalue weighted by molar-refractivity contribution is 0.0152. The zero-order chi connectivity index (χ0) is 25.5. The van der Waals surface area contributed by atoms with Crippen LogP contribution in [0.15, 0.2) is 36.7 Å². The van der Waals surface area contributed by atoms with Crippen LogP contribution in [0.1, 0.15) is 19.0 Å². The summed E-state index contributed by atoms with van der Waals surface area (Å²) in [6.07, 6.45) is -1.40. The highest BCUT2D eigenvalue weighted by Gasteiger charge is 2.37. The van der Waals surface area contributed by atoms with Gasteiger partial charge in [-0.05, 0) is 31.5 Å². The number of rotatable bonds is 4. The van der Waals surface area contributed by atoms with Gasteiger partial charge in [-0.15, -0.1) is 10.2 Å². The van der Waals surface area contributed by atoms with E-state index in [2.05, 4.69) is 27.0 Å². The van der Waals surface area contributed by atoms with E-state index in [9.17, 15) is 22.0 Å². The van der Waals surface area contributed by atoms with Crippen LogP contribution in [0, 0.1) is 12.7 Å². The summed E-state index contributed by atoms with van der Waals surface area (Å²) in [7, 11) is 0. The number of anilines is 1. The quantitative estimate of drug-likeness (QED) is 0.426. The minimum Gasteiger partial charge on any atom is -0.369 e. The van der Waals surface area contributed by atoms with Crippen LogP contribution in [0.2, 0.25) is 0 Å². The van der Waals surface area contributed by atoms with Gasteiger partial charge in [0, 0.05) is 24.2 Å². The number of fused-ring (bicyclic) bond motifs is 2. The van der Waals surface area contributed by atoms with Gasteiger partial charge in [0.05, 0.1) is 29.5 Å². The maximum Gasteiger partial charge on any atom is 0.266 e. The number of likely N-dealkylation sites (tertiary alicyclic amines) is 1. The molecule has 0 aliphatic carbocycles. The molecule has 0 spiro atoms. The van der Waals surface area contributed by atoms with Crippen molar-refractivity contribution in [3.05, 3.63) is 48.2 Å². The van der Waals surface area contributed by atoms with E-state index in [4.69, 9.17) is 5.73 Å². The molecule has 0 atom stereocenters. The third-order valence-corrected chi connectivity index (χ3v) is 5.60. The number of hydrogen-bond donors (Lipinski definition) is 1. The summed E-state index contributed by atoms with van der Waals surface area (Å²) in [5.74, 6) is -2.98. The molecule has 186 valence electrons. The predicted molar refractivity (Wildman–Crippen MR) is 121 cm³/mol. The molecule has 3 aromatic heterocycles. The number of nitrogens with zero attached hydrogens (tertiary/aromatic N) is 7. The first kappa shape index (κ1) is 24.4. The zero-order valence-corrected chi connectivity index (χ0v) is 19.0. The third-order valence-electron chi connectivity index (χ3n) is 5.60. The van der Waals surface area contributed by atoms with Crippen LogP contribution in [0.25, 0.3) is 27.7 Å². The molecule has 4 aromatic rings. The summed E-state index contributed by atoms with van der Waals surface area (Å²) in [6, 6.07) is 4.83. The van der Waals surface area contributed by atoms with Gasteiger partial charge in [-0.2, -0.15) is 0 Å². The summed E-state index contributed by atoms with van der Waals surface area (Å²) >= 11 is 0. The molecule has 0 amide bonds. The minimum absolute atomic E-state index is 0.0279. The maximum absolute atomic E-state index is 14.6. The number of hydrogen-bond acceptors (Lipinski definition) is 6. The number of aryl methyl sites for hydroxylation is 1. The third kappa shape index (κ3) is 5.03. The molecule has 8 nitrogen and oxygen atoms in total. The molecule has 1 saturated heterocycles. The maximum atomic E-state index is 14.6. The predicted octanol–water partition coefficient (Wildman–Crippen LogP) is 4.30. The number of benzene rings is 1. The van der Waals surface area contributed by atoms with Gasteiger partial charge in [0.1, 0.15) is 12.1 Å². The van der Waals surface area contributed by atoms with E-state index in [1.807, 2.05) is 0 Å². The van der Waals surface area contributed by atoms with Crippen LogP contribution in [-0.2, 0) is 6.54 Å². The van der Waals surface area contributed by atoms with Gasteiger partial charge < -0.3 is 10.6 Å². The van der Waals surface area contributed by atoms with Gasteiger partial charge in [-0.1, -0.05) is 17.9 Å². The van der Waals surface area contributed by atoms with E-state index in [0.29, 0.717) is 34.4 Å². The second kappa shape index (κ2) is 9.12. The van der Waals surface area contributed by atoms with E-state index < -0.39 is 24.7 Å². The first-order chi connectivity index (χ1) is 16.4. The van der Waals surface area contributed by atoms with Crippen LogP contribution in [0.4, 0.5) is 27.9 Å². The summed E-state index contributed by atoms with van der Waals surface area (Å²) in [5.41, 5.74) is 8.89. The molecular formula is C22H23F5N8. The number of halogens is 5. The van der Waals surface area contributed by atoms with Crippen molar-refractivity contribution in [2.24, 2.45) is 0 Å². The highest BCUT2D eigenvalue weighted by Crippen LogP contribution is 2.32. The smallest absolute Gasteiger partial charge is 0.266 e. The summed E-state index contributed by atoms with van der Waals surface area (Å²) in [6.45, 7) is 6.75.